The van der Waals surface area contributed by atoms with E-state index >= 15 is 0 Å². The lowest BCUT2D eigenvalue weighted by molar-refractivity contribution is -0.137. The molecule has 1 aromatic heterocycles. The third kappa shape index (κ3) is 3.17. The van der Waals surface area contributed by atoms with Gasteiger partial charge in [-0.05, 0) is 12.1 Å². The Bertz CT molecular complexity index is 519. The van der Waals surface area contributed by atoms with Crippen molar-refractivity contribution in [3.8, 4) is 11.3 Å². The Kier molecular flexibility index (Phi) is 3.58. The maximum Gasteiger partial charge on any atom is 0.303 e. The fourth-order valence-electron chi connectivity index (χ4n) is 1.39. The molecule has 0 spiro atoms. The van der Waals surface area contributed by atoms with Crippen molar-refractivity contribution in [2.75, 3.05) is 0 Å². The first-order valence-corrected chi connectivity index (χ1v) is 5.86. The van der Waals surface area contributed by atoms with Crippen LogP contribution in [0, 0.1) is 0 Å². The Morgan fingerprint density at radius 3 is 2.71 bits per heavy atom. The number of carboxylic acid groups (broad SMARTS) is 1. The number of hydrogen-bond acceptors (Lipinski definition) is 3. The number of aliphatic carboxylic acids is 1. The van der Waals surface area contributed by atoms with Crippen molar-refractivity contribution in [1.82, 2.24) is 4.98 Å². The average Bonchev–Trinajstić information content (AvgIpc) is 2.76. The molecule has 0 saturated carbocycles. The van der Waals surface area contributed by atoms with Crippen LogP contribution in [0.3, 0.4) is 0 Å². The van der Waals surface area contributed by atoms with Gasteiger partial charge in [-0.3, -0.25) is 4.79 Å². The molecule has 0 unspecified atom stereocenters. The smallest absolute Gasteiger partial charge is 0.303 e. The average molecular weight is 296 g/mol. The maximum atomic E-state index is 10.4. The van der Waals surface area contributed by atoms with Gasteiger partial charge in [-0.15, -0.1) is 0 Å². The summed E-state index contributed by atoms with van der Waals surface area (Å²) in [4.78, 5) is 14.6. The minimum absolute atomic E-state index is 0.0281. The lowest BCUT2D eigenvalue weighted by Gasteiger charge is -1.95. The molecule has 1 aromatic carbocycles. The van der Waals surface area contributed by atoms with Crippen LogP contribution < -0.4 is 0 Å². The summed E-state index contributed by atoms with van der Waals surface area (Å²) in [5.41, 5.74) is 1.66. The molecular weight excluding hydrogens is 286 g/mol. The minimum Gasteiger partial charge on any atom is -0.481 e. The summed E-state index contributed by atoms with van der Waals surface area (Å²) >= 11 is 3.35. The van der Waals surface area contributed by atoms with Crippen LogP contribution in [-0.4, -0.2) is 16.1 Å². The van der Waals surface area contributed by atoms with E-state index in [0.29, 0.717) is 12.3 Å². The monoisotopic (exact) mass is 295 g/mol. The Morgan fingerprint density at radius 1 is 1.35 bits per heavy atom. The molecule has 0 aliphatic carbocycles. The van der Waals surface area contributed by atoms with E-state index in [4.69, 9.17) is 9.52 Å². The van der Waals surface area contributed by atoms with Crippen molar-refractivity contribution < 1.29 is 14.3 Å². The number of oxazole rings is 1. The predicted octanol–water partition coefficient (Wildman–Crippen LogP) is 3.12. The summed E-state index contributed by atoms with van der Waals surface area (Å²) in [5.74, 6) is -0.404. The summed E-state index contributed by atoms with van der Waals surface area (Å²) < 4.78 is 6.21. The van der Waals surface area contributed by atoms with Crippen molar-refractivity contribution in [1.29, 1.82) is 0 Å². The molecule has 2 aromatic rings. The van der Waals surface area contributed by atoms with E-state index in [9.17, 15) is 4.79 Å². The first-order chi connectivity index (χ1) is 8.15. The molecule has 4 nitrogen and oxygen atoms in total. The Hall–Kier alpha value is -1.62. The van der Waals surface area contributed by atoms with Crippen molar-refractivity contribution in [2.24, 2.45) is 0 Å². The number of aromatic nitrogens is 1. The molecule has 1 N–H and O–H groups in total. The number of nitrogens with zero attached hydrogens (tertiary/aromatic N) is 1. The molecule has 1 heterocycles. The fourth-order valence-corrected chi connectivity index (χ4v) is 1.66. The molecule has 5 heteroatoms. The number of hydrogen-bond donors (Lipinski definition) is 1. The Labute approximate surface area is 106 Å². The highest BCUT2D eigenvalue weighted by Crippen LogP contribution is 2.21. The van der Waals surface area contributed by atoms with Gasteiger partial charge in [0.1, 0.15) is 12.0 Å². The first kappa shape index (κ1) is 11.9. The summed E-state index contributed by atoms with van der Waals surface area (Å²) in [6.07, 6.45) is 1.88. The lowest BCUT2D eigenvalue weighted by Crippen LogP contribution is -1.97. The van der Waals surface area contributed by atoms with Crippen LogP contribution in [-0.2, 0) is 11.2 Å². The highest BCUT2D eigenvalue weighted by Gasteiger charge is 2.07. The Morgan fingerprint density at radius 2 is 2.06 bits per heavy atom. The van der Waals surface area contributed by atoms with E-state index in [1.54, 1.807) is 6.26 Å². The van der Waals surface area contributed by atoms with Gasteiger partial charge >= 0.3 is 5.97 Å². The molecule has 0 aliphatic rings. The zero-order valence-electron chi connectivity index (χ0n) is 8.89. The fraction of sp³-hybridized carbons (Fsp3) is 0.167. The van der Waals surface area contributed by atoms with Crippen LogP contribution >= 0.6 is 15.9 Å². The van der Waals surface area contributed by atoms with Gasteiger partial charge in [-0.1, -0.05) is 28.1 Å². The van der Waals surface area contributed by atoms with Gasteiger partial charge in [0.2, 0.25) is 0 Å². The second-order valence-electron chi connectivity index (χ2n) is 3.53. The molecular formula is C12H10BrNO3. The van der Waals surface area contributed by atoms with E-state index in [0.717, 1.165) is 15.7 Å². The molecule has 0 atom stereocenters. The predicted molar refractivity (Wildman–Crippen MR) is 65.6 cm³/mol. The van der Waals surface area contributed by atoms with Crippen molar-refractivity contribution in [2.45, 2.75) is 12.8 Å². The number of benzene rings is 1. The number of aryl methyl sites for hydroxylation is 1. The van der Waals surface area contributed by atoms with Gasteiger partial charge in [0.05, 0.1) is 6.42 Å². The number of rotatable bonds is 4. The quantitative estimate of drug-likeness (QED) is 0.941. The molecule has 17 heavy (non-hydrogen) atoms. The normalized spacial score (nSPS) is 10.4. The number of carbonyl (C=O) groups is 1. The zero-order chi connectivity index (χ0) is 12.3. The largest absolute Gasteiger partial charge is 0.481 e. The van der Waals surface area contributed by atoms with Crippen molar-refractivity contribution in [3.05, 3.63) is 40.9 Å². The minimum atomic E-state index is -0.853. The van der Waals surface area contributed by atoms with Gasteiger partial charge in [0.15, 0.2) is 5.89 Å². The van der Waals surface area contributed by atoms with Crippen molar-refractivity contribution in [3.63, 3.8) is 0 Å². The van der Waals surface area contributed by atoms with E-state index in [1.165, 1.54) is 0 Å². The third-order valence-corrected chi connectivity index (χ3v) is 2.77. The van der Waals surface area contributed by atoms with Gasteiger partial charge in [-0.2, -0.15) is 0 Å². The highest BCUT2D eigenvalue weighted by molar-refractivity contribution is 9.10. The lowest BCUT2D eigenvalue weighted by atomic mass is 10.2. The van der Waals surface area contributed by atoms with Gasteiger partial charge in [0, 0.05) is 16.5 Å². The van der Waals surface area contributed by atoms with Crippen LogP contribution in [0.25, 0.3) is 11.3 Å². The third-order valence-electron chi connectivity index (χ3n) is 2.24. The highest BCUT2D eigenvalue weighted by atomic mass is 79.9. The van der Waals surface area contributed by atoms with Crippen LogP contribution in [0.2, 0.25) is 0 Å². The SMILES string of the molecule is O=C(O)CCc1nc(-c2ccc(Br)cc2)co1. The molecule has 0 radical (unpaired) electrons. The van der Waals surface area contributed by atoms with Crippen LogP contribution in [0.5, 0.6) is 0 Å². The van der Waals surface area contributed by atoms with Crippen LogP contribution in [0.15, 0.2) is 39.4 Å². The van der Waals surface area contributed by atoms with E-state index < -0.39 is 5.97 Å². The molecule has 0 fully saturated rings. The van der Waals surface area contributed by atoms with Crippen LogP contribution in [0.4, 0.5) is 0 Å². The van der Waals surface area contributed by atoms with E-state index in [2.05, 4.69) is 20.9 Å². The molecule has 0 bridgehead atoms. The topological polar surface area (TPSA) is 63.3 Å². The van der Waals surface area contributed by atoms with Crippen molar-refractivity contribution >= 4 is 21.9 Å². The van der Waals surface area contributed by atoms with Crippen LogP contribution in [0.1, 0.15) is 12.3 Å². The molecule has 0 amide bonds. The van der Waals surface area contributed by atoms with E-state index in [-0.39, 0.29) is 6.42 Å². The molecule has 0 saturated heterocycles. The Balaban J connectivity index is 2.12. The van der Waals surface area contributed by atoms with Gasteiger partial charge in [-0.25, -0.2) is 4.98 Å². The number of carboxylic acids is 1. The molecule has 0 aliphatic heterocycles. The van der Waals surface area contributed by atoms with Gasteiger partial charge < -0.3 is 9.52 Å². The van der Waals surface area contributed by atoms with Gasteiger partial charge in [0.25, 0.3) is 0 Å². The maximum absolute atomic E-state index is 10.4. The van der Waals surface area contributed by atoms with E-state index in [1.807, 2.05) is 24.3 Å². The zero-order valence-corrected chi connectivity index (χ0v) is 10.5. The molecule has 88 valence electrons. The first-order valence-electron chi connectivity index (χ1n) is 5.07. The second kappa shape index (κ2) is 5.14. The standard InChI is InChI=1S/C12H10BrNO3/c13-9-3-1-8(2-4-9)10-7-17-11(14-10)5-6-12(15)16/h1-4,7H,5-6H2,(H,15,16). The second-order valence-corrected chi connectivity index (χ2v) is 4.44. The summed E-state index contributed by atoms with van der Waals surface area (Å²) in [5, 5.41) is 8.55. The summed E-state index contributed by atoms with van der Waals surface area (Å²) in [7, 11) is 0. The molecule has 2 rings (SSSR count). The number of halogens is 1. The summed E-state index contributed by atoms with van der Waals surface area (Å²) in [6.45, 7) is 0. The summed E-state index contributed by atoms with van der Waals surface area (Å²) in [6, 6.07) is 7.67.